The Kier molecular flexibility index (Phi) is 5.27. The molecule has 0 amide bonds. The summed E-state index contributed by atoms with van der Waals surface area (Å²) in [5.74, 6) is -0.0524. The van der Waals surface area contributed by atoms with Crippen molar-refractivity contribution in [2.24, 2.45) is 17.8 Å². The Labute approximate surface area is 127 Å². The van der Waals surface area contributed by atoms with Gasteiger partial charge in [-0.25, -0.2) is 0 Å². The van der Waals surface area contributed by atoms with Gasteiger partial charge in [0.1, 0.15) is 0 Å². The number of hydrogen-bond donors (Lipinski definition) is 2. The summed E-state index contributed by atoms with van der Waals surface area (Å²) in [5.41, 5.74) is 0. The number of hydrogen-bond acceptors (Lipinski definition) is 3. The summed E-state index contributed by atoms with van der Waals surface area (Å²) in [6.07, 6.45) is 3.61. The van der Waals surface area contributed by atoms with E-state index in [0.29, 0.717) is 37.8 Å². The van der Waals surface area contributed by atoms with Crippen LogP contribution in [-0.4, -0.2) is 42.9 Å². The minimum absolute atomic E-state index is 0.0124. The van der Waals surface area contributed by atoms with Crippen molar-refractivity contribution in [3.63, 3.8) is 0 Å². The van der Waals surface area contributed by atoms with Crippen LogP contribution in [0.4, 0.5) is 0 Å². The third kappa shape index (κ3) is 4.17. The molecule has 7 heteroatoms. The lowest BCUT2D eigenvalue weighted by molar-refractivity contribution is -0.142. The van der Waals surface area contributed by atoms with E-state index in [2.05, 4.69) is 18.6 Å². The summed E-state index contributed by atoms with van der Waals surface area (Å²) in [6.45, 7) is 4.98. The molecule has 2 rings (SSSR count). The third-order valence-corrected chi connectivity index (χ3v) is 6.73. The Morgan fingerprint density at radius 2 is 1.71 bits per heavy atom. The Bertz CT molecular complexity index is 471. The van der Waals surface area contributed by atoms with Crippen LogP contribution in [0.5, 0.6) is 0 Å². The molecule has 2 N–H and O–H groups in total. The normalized spacial score (nSPS) is 33.0. The minimum Gasteiger partial charge on any atom is -0.481 e. The molecule has 0 aromatic heterocycles. The molecule has 2 fully saturated rings. The topological polar surface area (TPSA) is 86.7 Å². The number of carboxylic acid groups (broad SMARTS) is 1. The maximum atomic E-state index is 12.4. The molecule has 1 heterocycles. The first-order valence-corrected chi connectivity index (χ1v) is 9.24. The Morgan fingerprint density at radius 1 is 1.10 bits per heavy atom. The highest BCUT2D eigenvalue weighted by molar-refractivity contribution is 7.87. The van der Waals surface area contributed by atoms with Gasteiger partial charge < -0.3 is 5.11 Å². The van der Waals surface area contributed by atoms with Crippen LogP contribution in [0.2, 0.25) is 0 Å². The first kappa shape index (κ1) is 16.7. The molecular weight excluding hydrogens is 292 g/mol. The second-order valence-electron chi connectivity index (χ2n) is 6.60. The quantitative estimate of drug-likeness (QED) is 0.821. The molecule has 1 saturated heterocycles. The number of carbonyl (C=O) groups is 1. The number of piperidine rings is 1. The van der Waals surface area contributed by atoms with Crippen molar-refractivity contribution in [3.05, 3.63) is 0 Å². The molecule has 122 valence electrons. The zero-order valence-electron chi connectivity index (χ0n) is 12.8. The van der Waals surface area contributed by atoms with E-state index in [1.165, 1.54) is 4.31 Å². The Balaban J connectivity index is 1.89. The lowest BCUT2D eigenvalue weighted by Crippen LogP contribution is -2.50. The van der Waals surface area contributed by atoms with Crippen LogP contribution in [0, 0.1) is 17.8 Å². The average molecular weight is 318 g/mol. The molecule has 21 heavy (non-hydrogen) atoms. The molecule has 0 aromatic carbocycles. The summed E-state index contributed by atoms with van der Waals surface area (Å²) in [5, 5.41) is 8.96. The summed E-state index contributed by atoms with van der Waals surface area (Å²) >= 11 is 0. The monoisotopic (exact) mass is 318 g/mol. The van der Waals surface area contributed by atoms with Crippen molar-refractivity contribution in [2.75, 3.05) is 13.1 Å². The molecule has 0 bridgehead atoms. The zero-order valence-corrected chi connectivity index (χ0v) is 13.6. The third-order valence-electron chi connectivity index (χ3n) is 5.06. The molecule has 2 aliphatic rings. The first-order valence-electron chi connectivity index (χ1n) is 7.80. The summed E-state index contributed by atoms with van der Waals surface area (Å²) < 4.78 is 29.0. The van der Waals surface area contributed by atoms with E-state index >= 15 is 0 Å². The Hall–Kier alpha value is -0.660. The van der Waals surface area contributed by atoms with Gasteiger partial charge in [0, 0.05) is 19.1 Å². The minimum atomic E-state index is -3.48. The predicted molar refractivity (Wildman–Crippen MR) is 80.0 cm³/mol. The van der Waals surface area contributed by atoms with Crippen LogP contribution in [-0.2, 0) is 15.0 Å². The first-order chi connectivity index (χ1) is 9.79. The Morgan fingerprint density at radius 3 is 2.24 bits per heavy atom. The van der Waals surface area contributed by atoms with Crippen molar-refractivity contribution in [1.82, 2.24) is 9.03 Å². The van der Waals surface area contributed by atoms with E-state index in [9.17, 15) is 13.2 Å². The van der Waals surface area contributed by atoms with Gasteiger partial charge in [-0.3, -0.25) is 4.79 Å². The van der Waals surface area contributed by atoms with E-state index in [1.807, 2.05) is 0 Å². The van der Waals surface area contributed by atoms with Crippen LogP contribution in [0.3, 0.4) is 0 Å². The van der Waals surface area contributed by atoms with Gasteiger partial charge in [0.25, 0.3) is 10.2 Å². The second kappa shape index (κ2) is 6.62. The highest BCUT2D eigenvalue weighted by atomic mass is 32.2. The van der Waals surface area contributed by atoms with E-state index in [1.54, 1.807) is 0 Å². The van der Waals surface area contributed by atoms with Gasteiger partial charge in [0.05, 0.1) is 5.92 Å². The second-order valence-corrected chi connectivity index (χ2v) is 8.30. The number of nitrogens with zero attached hydrogens (tertiary/aromatic N) is 1. The van der Waals surface area contributed by atoms with Crippen LogP contribution >= 0.6 is 0 Å². The molecule has 1 aliphatic heterocycles. The summed E-state index contributed by atoms with van der Waals surface area (Å²) in [6, 6.07) is 0.0124. The molecule has 0 spiro atoms. The van der Waals surface area contributed by atoms with Crippen molar-refractivity contribution < 1.29 is 18.3 Å². The maximum absolute atomic E-state index is 12.4. The standard InChI is InChI=1S/C14H26N2O4S/c1-10-3-4-13(9-11(10)2)15-21(19,20)16-7-5-12(6-8-16)14(17)18/h10-13,15H,3-9H2,1-2H3,(H,17,18). The highest BCUT2D eigenvalue weighted by Gasteiger charge is 2.34. The van der Waals surface area contributed by atoms with E-state index in [4.69, 9.17) is 5.11 Å². The van der Waals surface area contributed by atoms with Gasteiger partial charge in [-0.1, -0.05) is 13.8 Å². The summed E-state index contributed by atoms with van der Waals surface area (Å²) in [7, 11) is -3.48. The molecule has 1 saturated carbocycles. The fourth-order valence-corrected chi connectivity index (χ4v) is 4.76. The smallest absolute Gasteiger partial charge is 0.306 e. The van der Waals surface area contributed by atoms with Crippen LogP contribution < -0.4 is 4.72 Å². The van der Waals surface area contributed by atoms with Crippen molar-refractivity contribution in [3.8, 4) is 0 Å². The molecule has 3 atom stereocenters. The number of rotatable bonds is 4. The fraction of sp³-hybridized carbons (Fsp3) is 0.929. The van der Waals surface area contributed by atoms with Gasteiger partial charge in [0.2, 0.25) is 0 Å². The molecule has 6 nitrogen and oxygen atoms in total. The molecule has 0 aromatic rings. The van der Waals surface area contributed by atoms with Gasteiger partial charge >= 0.3 is 5.97 Å². The lowest BCUT2D eigenvalue weighted by Gasteiger charge is -2.35. The van der Waals surface area contributed by atoms with Crippen molar-refractivity contribution in [2.45, 2.75) is 52.0 Å². The number of nitrogens with one attached hydrogen (secondary N) is 1. The van der Waals surface area contributed by atoms with E-state index in [0.717, 1.165) is 19.3 Å². The number of carboxylic acids is 1. The van der Waals surface area contributed by atoms with Gasteiger partial charge in [-0.05, 0) is 43.9 Å². The van der Waals surface area contributed by atoms with Gasteiger partial charge in [-0.15, -0.1) is 0 Å². The molecule has 0 radical (unpaired) electrons. The molecule has 3 unspecified atom stereocenters. The van der Waals surface area contributed by atoms with Gasteiger partial charge in [-0.2, -0.15) is 17.4 Å². The highest BCUT2D eigenvalue weighted by Crippen LogP contribution is 2.30. The SMILES string of the molecule is CC1CCC(NS(=O)(=O)N2CCC(C(=O)O)CC2)CC1C. The van der Waals surface area contributed by atoms with Crippen LogP contribution in [0.25, 0.3) is 0 Å². The maximum Gasteiger partial charge on any atom is 0.306 e. The van der Waals surface area contributed by atoms with Gasteiger partial charge in [0.15, 0.2) is 0 Å². The zero-order chi connectivity index (χ0) is 15.6. The van der Waals surface area contributed by atoms with Crippen LogP contribution in [0.15, 0.2) is 0 Å². The molecular formula is C14H26N2O4S. The lowest BCUT2D eigenvalue weighted by atomic mass is 9.79. The molecule has 1 aliphatic carbocycles. The van der Waals surface area contributed by atoms with Crippen molar-refractivity contribution >= 4 is 16.2 Å². The summed E-state index contributed by atoms with van der Waals surface area (Å²) in [4.78, 5) is 10.9. The predicted octanol–water partition coefficient (Wildman–Crippen LogP) is 1.44. The average Bonchev–Trinajstić information content (AvgIpc) is 2.43. The number of aliphatic carboxylic acids is 1. The van der Waals surface area contributed by atoms with E-state index < -0.39 is 22.1 Å². The van der Waals surface area contributed by atoms with Crippen LogP contribution in [0.1, 0.15) is 46.0 Å². The van der Waals surface area contributed by atoms with Crippen molar-refractivity contribution in [1.29, 1.82) is 0 Å². The van der Waals surface area contributed by atoms with E-state index in [-0.39, 0.29) is 6.04 Å². The largest absolute Gasteiger partial charge is 0.481 e. The fourth-order valence-electron chi connectivity index (χ4n) is 3.28.